The number of hydrogen-bond donors (Lipinski definition) is 2. The number of nitrogens with one attached hydrogen (secondary N) is 1. The van der Waals surface area contributed by atoms with Crippen LogP contribution >= 0.6 is 0 Å². The lowest BCUT2D eigenvalue weighted by molar-refractivity contribution is -0.143. The molecule has 6 nitrogen and oxygen atoms in total. The van der Waals surface area contributed by atoms with Gasteiger partial charge in [0.15, 0.2) is 5.75 Å². The number of carbonyl (C=O) groups is 1. The Hall–Kier alpha value is -3.61. The van der Waals surface area contributed by atoms with E-state index in [0.29, 0.717) is 18.4 Å². The molecule has 0 aromatic heterocycles. The molecular weight excluding hydrogens is 557 g/mol. The Labute approximate surface area is 233 Å². The van der Waals surface area contributed by atoms with Gasteiger partial charge in [0, 0.05) is 41.8 Å². The Kier molecular flexibility index (Phi) is 10.4. The molecule has 13 heteroatoms. The first kappa shape index (κ1) is 31.9. The van der Waals surface area contributed by atoms with Crippen molar-refractivity contribution in [3.63, 3.8) is 0 Å². The molecule has 0 saturated carbocycles. The summed E-state index contributed by atoms with van der Waals surface area (Å²) in [7, 11) is 0. The van der Waals surface area contributed by atoms with Crippen molar-refractivity contribution in [2.45, 2.75) is 51.5 Å². The second-order valence-corrected chi connectivity index (χ2v) is 9.86. The monoisotopic (exact) mass is 588 g/mol. The van der Waals surface area contributed by atoms with Crippen LogP contribution in [0.4, 0.5) is 41.2 Å². The number of halogens is 7. The van der Waals surface area contributed by atoms with Gasteiger partial charge in [-0.25, -0.2) is 9.18 Å². The standard InChI is InChI=1S/C28H31F7N4O2/c1-17(2)39(22-7-5-21(29)6-8-22)26(40)41-25-23(12-20(27(30,31)32)13-24(25)28(33,34)35)19(14-36)16-38-11-9-18-4-3-10-37-15-18/h5-8,12-14,16-18,37H,3-4,9-11,15,36H2,1-2H3/b19-14+,38-16?. The van der Waals surface area contributed by atoms with E-state index in [1.54, 1.807) is 0 Å². The summed E-state index contributed by atoms with van der Waals surface area (Å²) in [6.45, 7) is 5.02. The number of carbonyl (C=O) groups excluding carboxylic acids is 1. The molecule has 2 aromatic rings. The van der Waals surface area contributed by atoms with E-state index in [2.05, 4.69) is 10.3 Å². The molecule has 0 spiro atoms. The Morgan fingerprint density at radius 1 is 1.15 bits per heavy atom. The Morgan fingerprint density at radius 3 is 2.37 bits per heavy atom. The molecule has 3 N–H and O–H groups in total. The van der Waals surface area contributed by atoms with Gasteiger partial charge in [0.1, 0.15) is 5.82 Å². The molecule has 1 amide bonds. The zero-order chi connectivity index (χ0) is 30.4. The lowest BCUT2D eigenvalue weighted by Crippen LogP contribution is -2.39. The predicted molar refractivity (Wildman–Crippen MR) is 142 cm³/mol. The van der Waals surface area contributed by atoms with Gasteiger partial charge >= 0.3 is 18.4 Å². The van der Waals surface area contributed by atoms with E-state index >= 15 is 0 Å². The normalized spacial score (nSPS) is 16.8. The van der Waals surface area contributed by atoms with Gasteiger partial charge in [-0.15, -0.1) is 0 Å². The Balaban J connectivity index is 2.07. The number of alkyl halides is 6. The maximum Gasteiger partial charge on any atom is 0.420 e. The number of nitrogens with two attached hydrogens (primary N) is 1. The average molecular weight is 589 g/mol. The maximum atomic E-state index is 14.1. The van der Waals surface area contributed by atoms with Crippen LogP contribution in [0.1, 0.15) is 49.8 Å². The summed E-state index contributed by atoms with van der Waals surface area (Å²) in [4.78, 5) is 18.4. The predicted octanol–water partition coefficient (Wildman–Crippen LogP) is 7.04. The number of allylic oxidation sites excluding steroid dienone is 1. The fraction of sp³-hybridized carbons (Fsp3) is 0.429. The van der Waals surface area contributed by atoms with Gasteiger partial charge in [0.2, 0.25) is 0 Å². The molecule has 1 aliphatic heterocycles. The van der Waals surface area contributed by atoms with E-state index in [9.17, 15) is 35.5 Å². The second kappa shape index (κ2) is 13.4. The van der Waals surface area contributed by atoms with Crippen LogP contribution < -0.4 is 20.7 Å². The number of hydrogen-bond acceptors (Lipinski definition) is 5. The van der Waals surface area contributed by atoms with Crippen molar-refractivity contribution in [1.29, 1.82) is 0 Å². The number of aliphatic imine (C=N–C) groups is 1. The minimum absolute atomic E-state index is 0.0989. The first-order valence-corrected chi connectivity index (χ1v) is 12.9. The average Bonchev–Trinajstić information content (AvgIpc) is 2.89. The molecule has 0 radical (unpaired) electrons. The van der Waals surface area contributed by atoms with Crippen LogP contribution in [0.3, 0.4) is 0 Å². The molecular formula is C28H31F7N4O2. The number of nitrogens with zero attached hydrogens (tertiary/aromatic N) is 2. The number of ether oxygens (including phenoxy) is 1. The van der Waals surface area contributed by atoms with Crippen molar-refractivity contribution >= 4 is 23.6 Å². The van der Waals surface area contributed by atoms with Gasteiger partial charge in [0.05, 0.1) is 11.1 Å². The molecule has 3 rings (SSSR count). The molecule has 0 bridgehead atoms. The van der Waals surface area contributed by atoms with E-state index < -0.39 is 52.7 Å². The summed E-state index contributed by atoms with van der Waals surface area (Å²) in [5, 5.41) is 3.25. The van der Waals surface area contributed by atoms with Crippen molar-refractivity contribution in [1.82, 2.24) is 5.32 Å². The summed E-state index contributed by atoms with van der Waals surface area (Å²) in [6.07, 6.45) is -7.31. The van der Waals surface area contributed by atoms with E-state index in [1.165, 1.54) is 26.0 Å². The van der Waals surface area contributed by atoms with Crippen molar-refractivity contribution in [3.05, 3.63) is 65.1 Å². The third-order valence-electron chi connectivity index (χ3n) is 6.52. The minimum Gasteiger partial charge on any atom is -0.409 e. The van der Waals surface area contributed by atoms with Gasteiger partial charge in [-0.2, -0.15) is 26.3 Å². The highest BCUT2D eigenvalue weighted by atomic mass is 19.4. The molecule has 0 aliphatic carbocycles. The van der Waals surface area contributed by atoms with Crippen LogP contribution in [0.15, 0.2) is 47.6 Å². The van der Waals surface area contributed by atoms with Gasteiger partial charge < -0.3 is 15.8 Å². The second-order valence-electron chi connectivity index (χ2n) is 9.86. The smallest absolute Gasteiger partial charge is 0.409 e. The highest BCUT2D eigenvalue weighted by Gasteiger charge is 2.42. The lowest BCUT2D eigenvalue weighted by Gasteiger charge is -2.27. The van der Waals surface area contributed by atoms with Crippen LogP contribution in [-0.2, 0) is 12.4 Å². The minimum atomic E-state index is -5.34. The molecule has 1 unspecified atom stereocenters. The molecule has 1 fully saturated rings. The van der Waals surface area contributed by atoms with Crippen LogP contribution in [0.2, 0.25) is 0 Å². The molecule has 1 heterocycles. The Bertz CT molecular complexity index is 1250. The largest absolute Gasteiger partial charge is 0.420 e. The van der Waals surface area contributed by atoms with Gasteiger partial charge in [0.25, 0.3) is 0 Å². The summed E-state index contributed by atoms with van der Waals surface area (Å²) in [5.41, 5.74) is 1.30. The summed E-state index contributed by atoms with van der Waals surface area (Å²) in [6, 6.07) is 4.15. The zero-order valence-electron chi connectivity index (χ0n) is 22.5. The number of rotatable bonds is 8. The fourth-order valence-corrected chi connectivity index (χ4v) is 4.47. The third kappa shape index (κ3) is 8.44. The Morgan fingerprint density at radius 2 is 1.83 bits per heavy atom. The number of anilines is 1. The van der Waals surface area contributed by atoms with E-state index in [-0.39, 0.29) is 23.9 Å². The van der Waals surface area contributed by atoms with Crippen molar-refractivity contribution in [3.8, 4) is 5.75 Å². The van der Waals surface area contributed by atoms with Crippen LogP contribution in [0.25, 0.3) is 5.57 Å². The summed E-state index contributed by atoms with van der Waals surface area (Å²) >= 11 is 0. The summed E-state index contributed by atoms with van der Waals surface area (Å²) in [5.74, 6) is -1.45. The highest BCUT2D eigenvalue weighted by molar-refractivity contribution is 6.11. The molecule has 1 saturated heterocycles. The first-order chi connectivity index (χ1) is 19.2. The van der Waals surface area contributed by atoms with E-state index in [1.807, 2.05) is 0 Å². The third-order valence-corrected chi connectivity index (χ3v) is 6.52. The van der Waals surface area contributed by atoms with Gasteiger partial charge in [-0.05, 0) is 88.5 Å². The van der Waals surface area contributed by atoms with E-state index in [4.69, 9.17) is 10.5 Å². The van der Waals surface area contributed by atoms with Gasteiger partial charge in [-0.1, -0.05) is 0 Å². The topological polar surface area (TPSA) is 80.0 Å². The van der Waals surface area contributed by atoms with Crippen LogP contribution in [0, 0.1) is 11.7 Å². The lowest BCUT2D eigenvalue weighted by atomic mass is 9.96. The quantitative estimate of drug-likeness (QED) is 0.256. The number of amides is 1. The molecule has 2 aromatic carbocycles. The molecule has 1 aliphatic rings. The van der Waals surface area contributed by atoms with Crippen molar-refractivity contribution in [2.75, 3.05) is 24.5 Å². The maximum absolute atomic E-state index is 14.1. The zero-order valence-corrected chi connectivity index (χ0v) is 22.5. The highest BCUT2D eigenvalue weighted by Crippen LogP contribution is 2.44. The van der Waals surface area contributed by atoms with Gasteiger partial charge in [-0.3, -0.25) is 9.89 Å². The van der Waals surface area contributed by atoms with E-state index in [0.717, 1.165) is 55.4 Å². The van der Waals surface area contributed by atoms with Crippen LogP contribution in [-0.4, -0.2) is 38.0 Å². The number of piperidine rings is 1. The SMILES string of the molecule is CC(C)N(C(=O)Oc1c(/C(C=NCCC2CCCNC2)=C/N)cc(C(F)(F)F)cc1C(F)(F)F)c1ccc(F)cc1. The molecule has 41 heavy (non-hydrogen) atoms. The molecule has 1 atom stereocenters. The molecule has 224 valence electrons. The van der Waals surface area contributed by atoms with Crippen LogP contribution in [0.5, 0.6) is 5.75 Å². The van der Waals surface area contributed by atoms with Crippen molar-refractivity contribution < 1.29 is 40.3 Å². The first-order valence-electron chi connectivity index (χ1n) is 12.9. The number of benzene rings is 2. The summed E-state index contributed by atoms with van der Waals surface area (Å²) < 4.78 is 102. The van der Waals surface area contributed by atoms with Crippen molar-refractivity contribution in [2.24, 2.45) is 16.6 Å². The fourth-order valence-electron chi connectivity index (χ4n) is 4.47.